The molecule has 15 heavy (non-hydrogen) atoms. The number of hydrogen-bond donors (Lipinski definition) is 1. The molecule has 0 aliphatic rings. The molecule has 5 nitrogen and oxygen atoms in total. The van der Waals surface area contributed by atoms with Crippen LogP contribution in [0, 0.1) is 0 Å². The molecule has 1 aromatic rings. The quantitative estimate of drug-likeness (QED) is 0.612. The van der Waals surface area contributed by atoms with Crippen molar-refractivity contribution in [2.45, 2.75) is 5.25 Å². The van der Waals surface area contributed by atoms with E-state index in [9.17, 15) is 13.2 Å². The lowest BCUT2D eigenvalue weighted by atomic mass is 10.1. The molecular weight excluding hydrogens is 220 g/mol. The van der Waals surface area contributed by atoms with Crippen LogP contribution in [0.3, 0.4) is 0 Å². The minimum absolute atomic E-state index is 0.178. The first-order valence-corrected chi connectivity index (χ1v) is 5.55. The fourth-order valence-electron chi connectivity index (χ4n) is 1.11. The number of benzene rings is 1. The van der Waals surface area contributed by atoms with Gasteiger partial charge in [0.1, 0.15) is 12.0 Å². The molecule has 0 spiro atoms. The van der Waals surface area contributed by atoms with E-state index in [0.717, 1.165) is 0 Å². The van der Waals surface area contributed by atoms with E-state index in [1.807, 2.05) is 0 Å². The summed E-state index contributed by atoms with van der Waals surface area (Å²) in [5, 5.41) is -1.54. The Balaban J connectivity index is 3.09. The molecule has 82 valence electrons. The predicted octanol–water partition coefficient (Wildman–Crippen LogP) is 0.823. The van der Waals surface area contributed by atoms with Crippen LogP contribution >= 0.6 is 0 Å². The molecule has 0 aliphatic heterocycles. The lowest BCUT2D eigenvalue weighted by Gasteiger charge is -2.07. The average molecular weight is 230 g/mol. The summed E-state index contributed by atoms with van der Waals surface area (Å²) in [6.45, 7) is 0. The van der Waals surface area contributed by atoms with Gasteiger partial charge in [0.05, 0.1) is 7.11 Å². The van der Waals surface area contributed by atoms with Crippen LogP contribution in [0.4, 0.5) is 0 Å². The Morgan fingerprint density at radius 3 is 2.20 bits per heavy atom. The molecule has 0 radical (unpaired) electrons. The van der Waals surface area contributed by atoms with E-state index in [2.05, 4.69) is 0 Å². The highest BCUT2D eigenvalue weighted by molar-refractivity contribution is 7.86. The third-order valence-electron chi connectivity index (χ3n) is 1.89. The number of carbonyl (C=O) groups is 1. The number of rotatable bonds is 4. The summed E-state index contributed by atoms with van der Waals surface area (Å²) in [4.78, 5) is 10.5. The molecule has 0 heterocycles. The topological polar surface area (TPSA) is 80.7 Å². The molecule has 1 unspecified atom stereocenters. The Morgan fingerprint density at radius 2 is 1.87 bits per heavy atom. The molecule has 0 bridgehead atoms. The van der Waals surface area contributed by atoms with E-state index >= 15 is 0 Å². The van der Waals surface area contributed by atoms with Crippen LogP contribution in [0.25, 0.3) is 0 Å². The van der Waals surface area contributed by atoms with Crippen LogP contribution in [0.15, 0.2) is 24.3 Å². The summed E-state index contributed by atoms with van der Waals surface area (Å²) < 4.78 is 35.3. The first-order chi connectivity index (χ1) is 6.99. The maximum Gasteiger partial charge on any atom is 0.278 e. The third kappa shape index (κ3) is 2.77. The van der Waals surface area contributed by atoms with Crippen LogP contribution in [-0.4, -0.2) is 26.4 Å². The predicted molar refractivity (Wildman–Crippen MR) is 53.3 cm³/mol. The second-order valence-electron chi connectivity index (χ2n) is 2.84. The van der Waals surface area contributed by atoms with Gasteiger partial charge in [-0.05, 0) is 17.7 Å². The van der Waals surface area contributed by atoms with Crippen molar-refractivity contribution in [1.82, 2.24) is 0 Å². The smallest absolute Gasteiger partial charge is 0.278 e. The van der Waals surface area contributed by atoms with Crippen molar-refractivity contribution in [1.29, 1.82) is 0 Å². The van der Waals surface area contributed by atoms with Gasteiger partial charge < -0.3 is 9.53 Å². The van der Waals surface area contributed by atoms with Crippen LogP contribution < -0.4 is 4.74 Å². The van der Waals surface area contributed by atoms with Crippen LogP contribution in [0.1, 0.15) is 10.8 Å². The van der Waals surface area contributed by atoms with Gasteiger partial charge in [0.25, 0.3) is 10.1 Å². The molecule has 1 N–H and O–H groups in total. The van der Waals surface area contributed by atoms with E-state index < -0.39 is 15.4 Å². The van der Waals surface area contributed by atoms with Crippen molar-refractivity contribution >= 4 is 16.4 Å². The summed E-state index contributed by atoms with van der Waals surface area (Å²) in [7, 11) is -2.93. The van der Waals surface area contributed by atoms with Crippen molar-refractivity contribution in [2.24, 2.45) is 0 Å². The maximum absolute atomic E-state index is 10.8. The van der Waals surface area contributed by atoms with Gasteiger partial charge >= 0.3 is 0 Å². The third-order valence-corrected chi connectivity index (χ3v) is 2.91. The molecule has 6 heteroatoms. The van der Waals surface area contributed by atoms with Crippen LogP contribution in [0.5, 0.6) is 5.75 Å². The van der Waals surface area contributed by atoms with Crippen molar-refractivity contribution in [3.63, 3.8) is 0 Å². The fourth-order valence-corrected chi connectivity index (χ4v) is 1.76. The minimum Gasteiger partial charge on any atom is -0.497 e. The standard InChI is InChI=1S/C9H10O5S/c1-14-8-4-2-7(3-5-8)9(6-10)15(11,12)13/h2-6,9H,1H3,(H,11,12,13). The minimum atomic E-state index is -4.40. The fraction of sp³-hybridized carbons (Fsp3) is 0.222. The van der Waals surface area contributed by atoms with E-state index in [4.69, 9.17) is 9.29 Å². The van der Waals surface area contributed by atoms with Gasteiger partial charge in [-0.15, -0.1) is 0 Å². The van der Waals surface area contributed by atoms with Gasteiger partial charge in [0.15, 0.2) is 5.25 Å². The number of aldehydes is 1. The van der Waals surface area contributed by atoms with Crippen LogP contribution in [0.2, 0.25) is 0 Å². The normalized spacial score (nSPS) is 13.2. The Morgan fingerprint density at radius 1 is 1.33 bits per heavy atom. The van der Waals surface area contributed by atoms with Gasteiger partial charge in [-0.2, -0.15) is 8.42 Å². The van der Waals surface area contributed by atoms with E-state index in [-0.39, 0.29) is 11.8 Å². The average Bonchev–Trinajstić information content (AvgIpc) is 2.18. The largest absolute Gasteiger partial charge is 0.497 e. The number of ether oxygens (including phenoxy) is 1. The zero-order valence-electron chi connectivity index (χ0n) is 7.95. The highest BCUT2D eigenvalue weighted by atomic mass is 32.2. The highest BCUT2D eigenvalue weighted by Crippen LogP contribution is 2.21. The van der Waals surface area contributed by atoms with E-state index in [1.54, 1.807) is 0 Å². The van der Waals surface area contributed by atoms with Crippen LogP contribution in [-0.2, 0) is 14.9 Å². The first-order valence-electron chi connectivity index (χ1n) is 4.04. The number of carbonyl (C=O) groups excluding carboxylic acids is 1. The monoisotopic (exact) mass is 230 g/mol. The lowest BCUT2D eigenvalue weighted by molar-refractivity contribution is -0.107. The Hall–Kier alpha value is -1.40. The highest BCUT2D eigenvalue weighted by Gasteiger charge is 2.24. The van der Waals surface area contributed by atoms with E-state index in [1.165, 1.54) is 31.4 Å². The Labute approximate surface area is 87.4 Å². The molecule has 0 saturated heterocycles. The molecule has 1 rings (SSSR count). The van der Waals surface area contributed by atoms with Crippen molar-refractivity contribution in [3.05, 3.63) is 29.8 Å². The lowest BCUT2D eigenvalue weighted by Crippen LogP contribution is -2.13. The molecule has 0 amide bonds. The van der Waals surface area contributed by atoms with Gasteiger partial charge in [-0.3, -0.25) is 4.55 Å². The first kappa shape index (κ1) is 11.7. The second-order valence-corrected chi connectivity index (χ2v) is 4.38. The zero-order valence-corrected chi connectivity index (χ0v) is 8.77. The summed E-state index contributed by atoms with van der Waals surface area (Å²) in [6.07, 6.45) is 0.178. The van der Waals surface area contributed by atoms with Gasteiger partial charge in [-0.1, -0.05) is 12.1 Å². The molecule has 1 aromatic carbocycles. The molecule has 0 saturated carbocycles. The van der Waals surface area contributed by atoms with E-state index in [0.29, 0.717) is 5.75 Å². The molecule has 1 atom stereocenters. The molecule has 0 aliphatic carbocycles. The number of hydrogen-bond acceptors (Lipinski definition) is 4. The molecular formula is C9H10O5S. The SMILES string of the molecule is COc1ccc(C(C=O)S(=O)(=O)O)cc1. The summed E-state index contributed by atoms with van der Waals surface area (Å²) >= 11 is 0. The van der Waals surface area contributed by atoms with Crippen molar-refractivity contribution in [3.8, 4) is 5.75 Å². The Kier molecular flexibility index (Phi) is 3.43. The van der Waals surface area contributed by atoms with Gasteiger partial charge in [0, 0.05) is 0 Å². The van der Waals surface area contributed by atoms with Crippen molar-refractivity contribution in [2.75, 3.05) is 7.11 Å². The van der Waals surface area contributed by atoms with Crippen molar-refractivity contribution < 1.29 is 22.5 Å². The molecule has 0 fully saturated rings. The molecule has 0 aromatic heterocycles. The summed E-state index contributed by atoms with van der Waals surface area (Å²) in [6, 6.07) is 5.84. The van der Waals surface area contributed by atoms with Gasteiger partial charge in [0.2, 0.25) is 0 Å². The number of methoxy groups -OCH3 is 1. The summed E-state index contributed by atoms with van der Waals surface area (Å²) in [5.41, 5.74) is 0.202. The second kappa shape index (κ2) is 4.41. The Bertz CT molecular complexity index is 434. The summed E-state index contributed by atoms with van der Waals surface area (Å²) in [5.74, 6) is 0.540. The zero-order chi connectivity index (χ0) is 11.5. The van der Waals surface area contributed by atoms with Gasteiger partial charge in [-0.25, -0.2) is 0 Å². The maximum atomic E-state index is 10.8.